The molecule has 1 amide bonds. The molecule has 4 nitrogen and oxygen atoms in total. The van der Waals surface area contributed by atoms with Gasteiger partial charge in [0.05, 0.1) is 7.11 Å². The fourth-order valence-electron chi connectivity index (χ4n) is 3.29. The van der Waals surface area contributed by atoms with Crippen molar-refractivity contribution in [2.75, 3.05) is 39.8 Å². The highest BCUT2D eigenvalue weighted by molar-refractivity contribution is 5.79. The third-order valence-electron chi connectivity index (χ3n) is 5.03. The second-order valence-corrected chi connectivity index (χ2v) is 6.36. The summed E-state index contributed by atoms with van der Waals surface area (Å²) in [4.78, 5) is 16.8. The van der Waals surface area contributed by atoms with E-state index in [1.807, 2.05) is 12.1 Å². The number of hydrogen-bond donors (Lipinski definition) is 0. The van der Waals surface area contributed by atoms with Crippen LogP contribution in [0, 0.1) is 5.92 Å². The van der Waals surface area contributed by atoms with E-state index in [9.17, 15) is 4.79 Å². The van der Waals surface area contributed by atoms with Crippen molar-refractivity contribution >= 4 is 5.91 Å². The molecule has 1 aromatic carbocycles. The van der Waals surface area contributed by atoms with E-state index in [-0.39, 0.29) is 0 Å². The normalized spacial score (nSPS) is 19.8. The molecule has 22 heavy (non-hydrogen) atoms. The van der Waals surface area contributed by atoms with Crippen LogP contribution in [0.4, 0.5) is 0 Å². The number of amides is 1. The van der Waals surface area contributed by atoms with E-state index < -0.39 is 0 Å². The Bertz CT molecular complexity index is 506. The van der Waals surface area contributed by atoms with E-state index in [0.29, 0.717) is 11.8 Å². The van der Waals surface area contributed by atoms with Gasteiger partial charge in [0.15, 0.2) is 0 Å². The molecule has 1 heterocycles. The van der Waals surface area contributed by atoms with Crippen molar-refractivity contribution in [3.05, 3.63) is 29.8 Å². The predicted molar refractivity (Wildman–Crippen MR) is 87.1 cm³/mol. The molecule has 0 aromatic heterocycles. The van der Waals surface area contributed by atoms with Crippen LogP contribution in [0.2, 0.25) is 0 Å². The van der Waals surface area contributed by atoms with Crippen molar-refractivity contribution in [2.45, 2.75) is 25.7 Å². The fraction of sp³-hybridized carbons (Fsp3) is 0.611. The first-order valence-electron chi connectivity index (χ1n) is 8.41. The number of piperazine rings is 1. The number of carbonyl (C=O) groups excluding carboxylic acids is 1. The number of carbonyl (C=O) groups is 1. The zero-order chi connectivity index (χ0) is 15.4. The van der Waals surface area contributed by atoms with E-state index in [0.717, 1.165) is 57.7 Å². The van der Waals surface area contributed by atoms with Gasteiger partial charge in [0.2, 0.25) is 5.91 Å². The van der Waals surface area contributed by atoms with Gasteiger partial charge in [-0.1, -0.05) is 24.6 Å². The van der Waals surface area contributed by atoms with Crippen LogP contribution in [0.3, 0.4) is 0 Å². The fourth-order valence-corrected chi connectivity index (χ4v) is 3.29. The number of methoxy groups -OCH3 is 1. The Morgan fingerprint density at radius 2 is 1.91 bits per heavy atom. The summed E-state index contributed by atoms with van der Waals surface area (Å²) < 4.78 is 5.41. The molecule has 0 N–H and O–H groups in total. The molecule has 1 saturated carbocycles. The van der Waals surface area contributed by atoms with Crippen molar-refractivity contribution in [3.63, 3.8) is 0 Å². The van der Waals surface area contributed by atoms with Crippen LogP contribution in [0.5, 0.6) is 5.75 Å². The predicted octanol–water partition coefficient (Wildman–Crippen LogP) is 2.18. The Kier molecular flexibility index (Phi) is 4.98. The second-order valence-electron chi connectivity index (χ2n) is 6.36. The Balaban J connectivity index is 1.45. The zero-order valence-electron chi connectivity index (χ0n) is 13.5. The minimum Gasteiger partial charge on any atom is -0.496 e. The summed E-state index contributed by atoms with van der Waals surface area (Å²) in [6.45, 7) is 4.80. The summed E-state index contributed by atoms with van der Waals surface area (Å²) in [6, 6.07) is 8.22. The third-order valence-corrected chi connectivity index (χ3v) is 5.03. The monoisotopic (exact) mass is 302 g/mol. The lowest BCUT2D eigenvalue weighted by Crippen LogP contribution is -2.51. The summed E-state index contributed by atoms with van der Waals surface area (Å²) in [5.74, 6) is 1.71. The molecule has 0 atom stereocenters. The standard InChI is InChI=1S/C18H26N2O2/c1-22-17-8-3-2-5-15(17)9-10-19-11-13-20(14-12-19)18(21)16-6-4-7-16/h2-3,5,8,16H,4,6-7,9-14H2,1H3. The molecule has 1 aromatic rings. The van der Waals surface area contributed by atoms with Crippen molar-refractivity contribution < 1.29 is 9.53 Å². The molecule has 120 valence electrons. The largest absolute Gasteiger partial charge is 0.496 e. The van der Waals surface area contributed by atoms with Gasteiger partial charge in [-0.25, -0.2) is 0 Å². The summed E-state index contributed by atoms with van der Waals surface area (Å²) in [5.41, 5.74) is 1.26. The highest BCUT2D eigenvalue weighted by Gasteiger charge is 2.30. The number of nitrogens with zero attached hydrogens (tertiary/aromatic N) is 2. The quantitative estimate of drug-likeness (QED) is 0.836. The molecule has 1 aliphatic heterocycles. The van der Waals surface area contributed by atoms with E-state index in [1.54, 1.807) is 7.11 Å². The van der Waals surface area contributed by atoms with Gasteiger partial charge in [-0.05, 0) is 30.9 Å². The molecule has 3 rings (SSSR count). The average molecular weight is 302 g/mol. The molecule has 0 bridgehead atoms. The van der Waals surface area contributed by atoms with Gasteiger partial charge in [-0.3, -0.25) is 9.69 Å². The average Bonchev–Trinajstić information content (AvgIpc) is 2.52. The van der Waals surface area contributed by atoms with Gasteiger partial charge >= 0.3 is 0 Å². The molecular formula is C18H26N2O2. The van der Waals surface area contributed by atoms with Crippen molar-refractivity contribution in [1.29, 1.82) is 0 Å². The van der Waals surface area contributed by atoms with Crippen LogP contribution in [0.25, 0.3) is 0 Å². The molecule has 2 fully saturated rings. The summed E-state index contributed by atoms with van der Waals surface area (Å²) >= 11 is 0. The van der Waals surface area contributed by atoms with Crippen molar-refractivity contribution in [3.8, 4) is 5.75 Å². The third kappa shape index (κ3) is 3.43. The Labute approximate surface area is 133 Å². The molecule has 0 spiro atoms. The van der Waals surface area contributed by atoms with Gasteiger partial charge in [-0.2, -0.15) is 0 Å². The second kappa shape index (κ2) is 7.14. The molecule has 0 radical (unpaired) electrons. The van der Waals surface area contributed by atoms with Crippen LogP contribution >= 0.6 is 0 Å². The highest BCUT2D eigenvalue weighted by atomic mass is 16.5. The van der Waals surface area contributed by atoms with Crippen LogP contribution in [-0.2, 0) is 11.2 Å². The van der Waals surface area contributed by atoms with Crippen LogP contribution < -0.4 is 4.74 Å². The number of ether oxygens (including phenoxy) is 1. The molecule has 1 saturated heterocycles. The van der Waals surface area contributed by atoms with Gasteiger partial charge < -0.3 is 9.64 Å². The Hall–Kier alpha value is -1.55. The first-order chi connectivity index (χ1) is 10.8. The smallest absolute Gasteiger partial charge is 0.225 e. The van der Waals surface area contributed by atoms with E-state index >= 15 is 0 Å². The van der Waals surface area contributed by atoms with Crippen LogP contribution in [0.15, 0.2) is 24.3 Å². The Morgan fingerprint density at radius 3 is 2.55 bits per heavy atom. The lowest BCUT2D eigenvalue weighted by Gasteiger charge is -2.38. The lowest BCUT2D eigenvalue weighted by molar-refractivity contribution is -0.139. The maximum Gasteiger partial charge on any atom is 0.225 e. The van der Waals surface area contributed by atoms with Gasteiger partial charge in [0.25, 0.3) is 0 Å². The first kappa shape index (κ1) is 15.3. The SMILES string of the molecule is COc1ccccc1CCN1CCN(C(=O)C2CCC2)CC1. The van der Waals surface area contributed by atoms with Crippen LogP contribution in [-0.4, -0.2) is 55.5 Å². The minimum atomic E-state index is 0.333. The molecule has 1 aliphatic carbocycles. The summed E-state index contributed by atoms with van der Waals surface area (Å²) in [5, 5.41) is 0. The van der Waals surface area contributed by atoms with E-state index in [4.69, 9.17) is 4.74 Å². The van der Waals surface area contributed by atoms with Crippen molar-refractivity contribution in [1.82, 2.24) is 9.80 Å². The number of benzene rings is 1. The molecule has 4 heteroatoms. The first-order valence-corrected chi connectivity index (χ1v) is 8.41. The van der Waals surface area contributed by atoms with E-state index in [2.05, 4.69) is 21.9 Å². The topological polar surface area (TPSA) is 32.8 Å². The van der Waals surface area contributed by atoms with Crippen LogP contribution in [0.1, 0.15) is 24.8 Å². The maximum absolute atomic E-state index is 12.2. The van der Waals surface area contributed by atoms with Gasteiger partial charge in [0, 0.05) is 38.6 Å². The Morgan fingerprint density at radius 1 is 1.18 bits per heavy atom. The lowest BCUT2D eigenvalue weighted by atomic mass is 9.84. The number of para-hydroxylation sites is 1. The summed E-state index contributed by atoms with van der Waals surface area (Å²) in [6.07, 6.45) is 4.44. The zero-order valence-corrected chi connectivity index (χ0v) is 13.5. The number of rotatable bonds is 5. The van der Waals surface area contributed by atoms with Gasteiger partial charge in [0.1, 0.15) is 5.75 Å². The molecule has 0 unspecified atom stereocenters. The van der Waals surface area contributed by atoms with E-state index in [1.165, 1.54) is 12.0 Å². The molecule has 2 aliphatic rings. The number of hydrogen-bond acceptors (Lipinski definition) is 3. The minimum absolute atomic E-state index is 0.333. The van der Waals surface area contributed by atoms with Crippen molar-refractivity contribution in [2.24, 2.45) is 5.92 Å². The maximum atomic E-state index is 12.2. The highest BCUT2D eigenvalue weighted by Crippen LogP contribution is 2.28. The van der Waals surface area contributed by atoms with Gasteiger partial charge in [-0.15, -0.1) is 0 Å². The summed E-state index contributed by atoms with van der Waals surface area (Å²) in [7, 11) is 1.73. The molecular weight excluding hydrogens is 276 g/mol.